The molecule has 0 aliphatic heterocycles. The van der Waals surface area contributed by atoms with E-state index in [0.29, 0.717) is 12.5 Å². The highest BCUT2D eigenvalue weighted by Gasteiger charge is 2.07. The van der Waals surface area contributed by atoms with Gasteiger partial charge in [0, 0.05) is 12.7 Å². The zero-order chi connectivity index (χ0) is 14.4. The number of nitrogens with zero attached hydrogens (tertiary/aromatic N) is 2. The minimum atomic E-state index is 0.00774. The Morgan fingerprint density at radius 1 is 1.35 bits per heavy atom. The smallest absolute Gasteiger partial charge is 0.241 e. The second-order valence-electron chi connectivity index (χ2n) is 5.17. The Bertz CT molecular complexity index is 548. The number of amides is 1. The number of aromatic nitrogens is 2. The number of hydrogen-bond acceptors (Lipinski definition) is 2. The van der Waals surface area contributed by atoms with Crippen LogP contribution in [0.2, 0.25) is 0 Å². The third-order valence-corrected chi connectivity index (χ3v) is 3.34. The summed E-state index contributed by atoms with van der Waals surface area (Å²) >= 11 is 0. The molecule has 0 saturated heterocycles. The highest BCUT2D eigenvalue weighted by Crippen LogP contribution is 2.17. The van der Waals surface area contributed by atoms with Crippen molar-refractivity contribution in [3.8, 4) is 0 Å². The number of rotatable bonds is 6. The lowest BCUT2D eigenvalue weighted by molar-refractivity contribution is -0.121. The van der Waals surface area contributed by atoms with Gasteiger partial charge < -0.3 is 5.32 Å². The van der Waals surface area contributed by atoms with Crippen LogP contribution in [0.3, 0.4) is 0 Å². The third-order valence-electron chi connectivity index (χ3n) is 3.34. The number of benzene rings is 1. The van der Waals surface area contributed by atoms with Gasteiger partial charge in [-0.15, -0.1) is 0 Å². The van der Waals surface area contributed by atoms with Crippen LogP contribution in [0.25, 0.3) is 0 Å². The fraction of sp³-hybridized carbons (Fsp3) is 0.375. The summed E-state index contributed by atoms with van der Waals surface area (Å²) in [7, 11) is 0. The predicted octanol–water partition coefficient (Wildman–Crippen LogP) is 2.50. The molecule has 0 unspecified atom stereocenters. The molecule has 0 aliphatic rings. The zero-order valence-corrected chi connectivity index (χ0v) is 12.0. The van der Waals surface area contributed by atoms with Crippen LogP contribution < -0.4 is 5.32 Å². The molecular formula is C16H21N3O. The van der Waals surface area contributed by atoms with Crippen molar-refractivity contribution in [1.29, 1.82) is 0 Å². The molecule has 1 N–H and O–H groups in total. The SMILES string of the molecule is Cc1cnn(CC(=O)NCC[C@@H](C)c2ccccc2)c1. The molecule has 0 bridgehead atoms. The van der Waals surface area contributed by atoms with Crippen LogP contribution >= 0.6 is 0 Å². The molecule has 0 saturated carbocycles. The van der Waals surface area contributed by atoms with Crippen LogP contribution in [0.15, 0.2) is 42.7 Å². The first-order valence-corrected chi connectivity index (χ1v) is 6.96. The van der Waals surface area contributed by atoms with Crippen LogP contribution in [0.5, 0.6) is 0 Å². The quantitative estimate of drug-likeness (QED) is 0.877. The van der Waals surface area contributed by atoms with Crippen molar-refractivity contribution >= 4 is 5.91 Å². The molecule has 0 fully saturated rings. The fourth-order valence-corrected chi connectivity index (χ4v) is 2.13. The highest BCUT2D eigenvalue weighted by molar-refractivity contribution is 5.75. The Morgan fingerprint density at radius 3 is 2.75 bits per heavy atom. The topological polar surface area (TPSA) is 46.9 Å². The van der Waals surface area contributed by atoms with E-state index in [1.54, 1.807) is 10.9 Å². The first-order valence-electron chi connectivity index (χ1n) is 6.96. The van der Waals surface area contributed by atoms with Crippen molar-refractivity contribution in [1.82, 2.24) is 15.1 Å². The minimum Gasteiger partial charge on any atom is -0.354 e. The van der Waals surface area contributed by atoms with Crippen LogP contribution in [-0.2, 0) is 11.3 Å². The van der Waals surface area contributed by atoms with Crippen molar-refractivity contribution in [2.75, 3.05) is 6.54 Å². The van der Waals surface area contributed by atoms with E-state index in [-0.39, 0.29) is 12.5 Å². The first-order chi connectivity index (χ1) is 9.65. The molecule has 0 aliphatic carbocycles. The lowest BCUT2D eigenvalue weighted by Gasteiger charge is -2.12. The van der Waals surface area contributed by atoms with Crippen molar-refractivity contribution in [3.05, 3.63) is 53.9 Å². The van der Waals surface area contributed by atoms with E-state index in [4.69, 9.17) is 0 Å². The molecule has 4 heteroatoms. The summed E-state index contributed by atoms with van der Waals surface area (Å²) in [5, 5.41) is 7.04. The molecule has 0 radical (unpaired) electrons. The Kier molecular flexibility index (Phi) is 4.93. The number of hydrogen-bond donors (Lipinski definition) is 1. The zero-order valence-electron chi connectivity index (χ0n) is 12.0. The van der Waals surface area contributed by atoms with Gasteiger partial charge in [-0.25, -0.2) is 0 Å². The lowest BCUT2D eigenvalue weighted by atomic mass is 9.98. The first kappa shape index (κ1) is 14.3. The van der Waals surface area contributed by atoms with Crippen molar-refractivity contribution in [2.24, 2.45) is 0 Å². The van der Waals surface area contributed by atoms with Crippen LogP contribution in [-0.4, -0.2) is 22.2 Å². The molecular weight excluding hydrogens is 250 g/mol. The molecule has 1 heterocycles. The number of carbonyl (C=O) groups is 1. The minimum absolute atomic E-state index is 0.00774. The molecule has 1 atom stereocenters. The molecule has 1 aromatic carbocycles. The third kappa shape index (κ3) is 4.23. The van der Waals surface area contributed by atoms with E-state index in [2.05, 4.69) is 29.5 Å². The molecule has 20 heavy (non-hydrogen) atoms. The summed E-state index contributed by atoms with van der Waals surface area (Å²) in [4.78, 5) is 11.8. The largest absolute Gasteiger partial charge is 0.354 e. The van der Waals surface area contributed by atoms with Gasteiger partial charge in [0.25, 0.3) is 0 Å². The summed E-state index contributed by atoms with van der Waals surface area (Å²) in [5.41, 5.74) is 2.37. The summed E-state index contributed by atoms with van der Waals surface area (Å²) in [6, 6.07) is 10.4. The van der Waals surface area contributed by atoms with Crippen LogP contribution in [0, 0.1) is 6.92 Å². The van der Waals surface area contributed by atoms with Gasteiger partial charge in [0.1, 0.15) is 6.54 Å². The number of aryl methyl sites for hydroxylation is 1. The highest BCUT2D eigenvalue weighted by atomic mass is 16.2. The van der Waals surface area contributed by atoms with Gasteiger partial charge in [0.15, 0.2) is 0 Å². The molecule has 2 aromatic rings. The van der Waals surface area contributed by atoms with E-state index in [1.807, 2.05) is 31.3 Å². The van der Waals surface area contributed by atoms with Crippen molar-refractivity contribution < 1.29 is 4.79 Å². The summed E-state index contributed by atoms with van der Waals surface area (Å²) < 4.78 is 1.66. The molecule has 4 nitrogen and oxygen atoms in total. The monoisotopic (exact) mass is 271 g/mol. The normalized spacial score (nSPS) is 12.1. The van der Waals surface area contributed by atoms with Gasteiger partial charge in [0.2, 0.25) is 5.91 Å². The van der Waals surface area contributed by atoms with Crippen LogP contribution in [0.4, 0.5) is 0 Å². The summed E-state index contributed by atoms with van der Waals surface area (Å²) in [6.45, 7) is 5.12. The summed E-state index contributed by atoms with van der Waals surface area (Å²) in [6.07, 6.45) is 4.56. The number of nitrogens with one attached hydrogen (secondary N) is 1. The van der Waals surface area contributed by atoms with E-state index < -0.39 is 0 Å². The van der Waals surface area contributed by atoms with Crippen molar-refractivity contribution in [2.45, 2.75) is 32.7 Å². The predicted molar refractivity (Wildman–Crippen MR) is 79.4 cm³/mol. The fourth-order valence-electron chi connectivity index (χ4n) is 2.13. The van der Waals surface area contributed by atoms with Gasteiger partial charge in [0.05, 0.1) is 6.20 Å². The van der Waals surface area contributed by atoms with Gasteiger partial charge in [-0.2, -0.15) is 5.10 Å². The van der Waals surface area contributed by atoms with E-state index in [0.717, 1.165) is 12.0 Å². The molecule has 1 aromatic heterocycles. The van der Waals surface area contributed by atoms with Crippen LogP contribution in [0.1, 0.15) is 30.4 Å². The Balaban J connectivity index is 1.71. The van der Waals surface area contributed by atoms with E-state index in [9.17, 15) is 4.79 Å². The standard InChI is InChI=1S/C16H21N3O/c1-13-10-18-19(11-13)12-16(20)17-9-8-14(2)15-6-4-3-5-7-15/h3-7,10-11,14H,8-9,12H2,1-2H3,(H,17,20)/t14-/m1/s1. The maximum absolute atomic E-state index is 11.8. The lowest BCUT2D eigenvalue weighted by Crippen LogP contribution is -2.29. The maximum Gasteiger partial charge on any atom is 0.241 e. The Hall–Kier alpha value is -2.10. The molecule has 106 valence electrons. The molecule has 0 spiro atoms. The van der Waals surface area contributed by atoms with Gasteiger partial charge in [-0.05, 0) is 30.4 Å². The summed E-state index contributed by atoms with van der Waals surface area (Å²) in [5.74, 6) is 0.455. The molecule has 2 rings (SSSR count). The van der Waals surface area contributed by atoms with Crippen molar-refractivity contribution in [3.63, 3.8) is 0 Å². The average molecular weight is 271 g/mol. The van der Waals surface area contributed by atoms with Gasteiger partial charge in [-0.3, -0.25) is 9.48 Å². The van der Waals surface area contributed by atoms with Gasteiger partial charge >= 0.3 is 0 Å². The van der Waals surface area contributed by atoms with Gasteiger partial charge in [-0.1, -0.05) is 37.3 Å². The maximum atomic E-state index is 11.8. The second kappa shape index (κ2) is 6.89. The average Bonchev–Trinajstić information content (AvgIpc) is 2.85. The van der Waals surface area contributed by atoms with E-state index >= 15 is 0 Å². The Morgan fingerprint density at radius 2 is 2.10 bits per heavy atom. The molecule has 1 amide bonds. The second-order valence-corrected chi connectivity index (χ2v) is 5.17. The van der Waals surface area contributed by atoms with E-state index in [1.165, 1.54) is 5.56 Å². The Labute approximate surface area is 119 Å². The number of carbonyl (C=O) groups excluding carboxylic acids is 1.